The lowest BCUT2D eigenvalue weighted by Gasteiger charge is -2.09. The lowest BCUT2D eigenvalue weighted by molar-refractivity contribution is -0.139. The van der Waals surface area contributed by atoms with Crippen LogP contribution in [0, 0.1) is 0 Å². The van der Waals surface area contributed by atoms with Gasteiger partial charge in [-0.2, -0.15) is 0 Å². The predicted molar refractivity (Wildman–Crippen MR) is 66.9 cm³/mol. The zero-order valence-electron chi connectivity index (χ0n) is 10.1. The van der Waals surface area contributed by atoms with Gasteiger partial charge >= 0.3 is 5.97 Å². The van der Waals surface area contributed by atoms with E-state index in [9.17, 15) is 9.90 Å². The van der Waals surface area contributed by atoms with E-state index in [4.69, 9.17) is 9.15 Å². The van der Waals surface area contributed by atoms with Crippen molar-refractivity contribution in [2.24, 2.45) is 0 Å². The summed E-state index contributed by atoms with van der Waals surface area (Å²) in [7, 11) is 0. The normalized spacial score (nSPS) is 12.3. The van der Waals surface area contributed by atoms with Crippen LogP contribution >= 0.6 is 0 Å². The molecule has 1 aromatic carbocycles. The Labute approximate surface area is 104 Å². The molecular formula is C14H14O4. The number of ether oxygens (including phenoxy) is 1. The summed E-state index contributed by atoms with van der Waals surface area (Å²) in [6.07, 6.45) is -1.18. The van der Waals surface area contributed by atoms with Gasteiger partial charge in [0.2, 0.25) is 0 Å². The summed E-state index contributed by atoms with van der Waals surface area (Å²) in [5.74, 6) is -0.334. The highest BCUT2D eigenvalue weighted by atomic mass is 16.5. The van der Waals surface area contributed by atoms with Crippen molar-refractivity contribution in [3.05, 3.63) is 48.2 Å². The molecule has 0 amide bonds. The maximum absolute atomic E-state index is 11.4. The van der Waals surface area contributed by atoms with Gasteiger partial charge in [-0.1, -0.05) is 24.8 Å². The maximum atomic E-state index is 11.4. The Morgan fingerprint density at radius 1 is 1.50 bits per heavy atom. The highest BCUT2D eigenvalue weighted by Gasteiger charge is 2.22. The first-order valence-corrected chi connectivity index (χ1v) is 5.66. The predicted octanol–water partition coefficient (Wildman–Crippen LogP) is 2.59. The van der Waals surface area contributed by atoms with Gasteiger partial charge in [0.25, 0.3) is 0 Å². The molecule has 0 saturated heterocycles. The second-order valence-corrected chi connectivity index (χ2v) is 3.83. The van der Waals surface area contributed by atoms with Gasteiger partial charge in [0.15, 0.2) is 0 Å². The van der Waals surface area contributed by atoms with Crippen molar-refractivity contribution >= 4 is 16.9 Å². The second kappa shape index (κ2) is 5.06. The molecule has 2 rings (SSSR count). The minimum atomic E-state index is -1.18. The standard InChI is InChI=1S/C14H14O4/c1-3-17-14(16)9(2)13(15)12-8-10-6-4-5-7-11(10)18-12/h4-8,13,15H,2-3H2,1H3. The van der Waals surface area contributed by atoms with E-state index >= 15 is 0 Å². The van der Waals surface area contributed by atoms with Crippen LogP contribution in [0.15, 0.2) is 46.9 Å². The molecule has 18 heavy (non-hydrogen) atoms. The number of aliphatic hydroxyl groups is 1. The van der Waals surface area contributed by atoms with Gasteiger partial charge < -0.3 is 14.3 Å². The minimum Gasteiger partial charge on any atom is -0.463 e. The zero-order chi connectivity index (χ0) is 13.1. The summed E-state index contributed by atoms with van der Waals surface area (Å²) >= 11 is 0. The summed E-state index contributed by atoms with van der Waals surface area (Å²) in [4.78, 5) is 11.4. The van der Waals surface area contributed by atoms with Gasteiger partial charge in [-0.3, -0.25) is 0 Å². The quantitative estimate of drug-likeness (QED) is 0.665. The van der Waals surface area contributed by atoms with E-state index in [0.29, 0.717) is 5.58 Å². The number of hydrogen-bond donors (Lipinski definition) is 1. The molecule has 0 radical (unpaired) electrons. The number of aliphatic hydroxyl groups excluding tert-OH is 1. The van der Waals surface area contributed by atoms with Crippen molar-refractivity contribution in [1.29, 1.82) is 0 Å². The zero-order valence-corrected chi connectivity index (χ0v) is 10.1. The first-order valence-electron chi connectivity index (χ1n) is 5.66. The van der Waals surface area contributed by atoms with E-state index in [1.54, 1.807) is 19.1 Å². The van der Waals surface area contributed by atoms with Crippen LogP contribution in [0.5, 0.6) is 0 Å². The topological polar surface area (TPSA) is 59.7 Å². The molecule has 1 aromatic heterocycles. The van der Waals surface area contributed by atoms with Gasteiger partial charge in [0.1, 0.15) is 17.4 Å². The molecule has 1 atom stereocenters. The average Bonchev–Trinajstić information content (AvgIpc) is 2.81. The number of rotatable bonds is 4. The Balaban J connectivity index is 2.25. The van der Waals surface area contributed by atoms with Gasteiger partial charge in [-0.15, -0.1) is 0 Å². The van der Waals surface area contributed by atoms with E-state index in [0.717, 1.165) is 5.39 Å². The third-order valence-electron chi connectivity index (χ3n) is 2.58. The Hall–Kier alpha value is -2.07. The number of fused-ring (bicyclic) bond motifs is 1. The number of esters is 1. The monoisotopic (exact) mass is 246 g/mol. The third kappa shape index (κ3) is 2.28. The first-order chi connectivity index (χ1) is 8.63. The van der Waals surface area contributed by atoms with Crippen LogP contribution < -0.4 is 0 Å². The maximum Gasteiger partial charge on any atom is 0.336 e. The minimum absolute atomic E-state index is 0.0316. The van der Waals surface area contributed by atoms with E-state index in [1.165, 1.54) is 0 Å². The van der Waals surface area contributed by atoms with Crippen molar-refractivity contribution < 1.29 is 19.1 Å². The Morgan fingerprint density at radius 3 is 2.89 bits per heavy atom. The highest BCUT2D eigenvalue weighted by molar-refractivity contribution is 5.89. The molecule has 0 saturated carbocycles. The smallest absolute Gasteiger partial charge is 0.336 e. The number of furan rings is 1. The van der Waals surface area contributed by atoms with E-state index in [1.807, 2.05) is 18.2 Å². The first kappa shape index (κ1) is 12.4. The second-order valence-electron chi connectivity index (χ2n) is 3.83. The molecule has 4 heteroatoms. The molecule has 0 aliphatic carbocycles. The van der Waals surface area contributed by atoms with Crippen molar-refractivity contribution in [3.63, 3.8) is 0 Å². The molecule has 0 fully saturated rings. The van der Waals surface area contributed by atoms with Gasteiger partial charge in [-0.05, 0) is 19.1 Å². The average molecular weight is 246 g/mol. The molecule has 0 aliphatic rings. The summed E-state index contributed by atoms with van der Waals surface area (Å²) in [5, 5.41) is 10.9. The molecule has 1 N–H and O–H groups in total. The summed E-state index contributed by atoms with van der Waals surface area (Å²) in [6.45, 7) is 5.47. The highest BCUT2D eigenvalue weighted by Crippen LogP contribution is 2.27. The van der Waals surface area contributed by atoms with Crippen LogP contribution in [0.3, 0.4) is 0 Å². The number of carbonyl (C=O) groups is 1. The summed E-state index contributed by atoms with van der Waals surface area (Å²) in [5.41, 5.74) is 0.624. The molecule has 4 nitrogen and oxygen atoms in total. The van der Waals surface area contributed by atoms with Crippen LogP contribution in [-0.2, 0) is 9.53 Å². The number of hydrogen-bond acceptors (Lipinski definition) is 4. The lowest BCUT2D eigenvalue weighted by Crippen LogP contribution is -2.13. The van der Waals surface area contributed by atoms with Crippen molar-refractivity contribution in [2.75, 3.05) is 6.61 Å². The molecule has 1 heterocycles. The SMILES string of the molecule is C=C(C(=O)OCC)C(O)c1cc2ccccc2o1. The van der Waals surface area contributed by atoms with E-state index < -0.39 is 12.1 Å². The van der Waals surface area contributed by atoms with Gasteiger partial charge in [-0.25, -0.2) is 4.79 Å². The lowest BCUT2D eigenvalue weighted by atomic mass is 10.1. The largest absolute Gasteiger partial charge is 0.463 e. The summed E-state index contributed by atoms with van der Waals surface area (Å²) < 4.78 is 10.2. The number of carbonyl (C=O) groups excluding carboxylic acids is 1. The molecule has 0 bridgehead atoms. The molecule has 2 aromatic rings. The van der Waals surface area contributed by atoms with Crippen molar-refractivity contribution in [1.82, 2.24) is 0 Å². The molecule has 1 unspecified atom stereocenters. The molecule has 0 spiro atoms. The fourth-order valence-corrected chi connectivity index (χ4v) is 1.64. The van der Waals surface area contributed by atoms with Crippen molar-refractivity contribution in [3.8, 4) is 0 Å². The number of para-hydroxylation sites is 1. The molecule has 94 valence electrons. The Bertz CT molecular complexity index is 549. The fraction of sp³-hybridized carbons (Fsp3) is 0.214. The van der Waals surface area contributed by atoms with E-state index in [2.05, 4.69) is 6.58 Å². The van der Waals surface area contributed by atoms with Crippen LogP contribution in [0.1, 0.15) is 18.8 Å². The van der Waals surface area contributed by atoms with Crippen molar-refractivity contribution in [2.45, 2.75) is 13.0 Å². The molecule has 0 aliphatic heterocycles. The molecular weight excluding hydrogens is 232 g/mol. The Morgan fingerprint density at radius 2 is 2.22 bits per heavy atom. The van der Waals surface area contributed by atoms with Crippen LogP contribution in [0.4, 0.5) is 0 Å². The summed E-state index contributed by atoms with van der Waals surface area (Å²) in [6, 6.07) is 9.04. The van der Waals surface area contributed by atoms with Gasteiger partial charge in [0, 0.05) is 5.39 Å². The van der Waals surface area contributed by atoms with Crippen LogP contribution in [0.25, 0.3) is 11.0 Å². The fourth-order valence-electron chi connectivity index (χ4n) is 1.64. The third-order valence-corrected chi connectivity index (χ3v) is 2.58. The van der Waals surface area contributed by atoms with Crippen LogP contribution in [-0.4, -0.2) is 17.7 Å². The van der Waals surface area contributed by atoms with Gasteiger partial charge in [0.05, 0.1) is 12.2 Å². The van der Waals surface area contributed by atoms with E-state index in [-0.39, 0.29) is 17.9 Å². The Kier molecular flexibility index (Phi) is 3.48. The van der Waals surface area contributed by atoms with Crippen LogP contribution in [0.2, 0.25) is 0 Å². The number of benzene rings is 1.